The fraction of sp³-hybridized carbons (Fsp3) is 0.700. The number of hydrogen-bond acceptors (Lipinski definition) is 4. The molecule has 1 fully saturated rings. The van der Waals surface area contributed by atoms with Crippen LogP contribution in [0.3, 0.4) is 0 Å². The van der Waals surface area contributed by atoms with Gasteiger partial charge in [0.15, 0.2) is 5.96 Å². The highest BCUT2D eigenvalue weighted by molar-refractivity contribution is 5.79. The summed E-state index contributed by atoms with van der Waals surface area (Å²) in [6, 6.07) is 3.91. The Morgan fingerprint density at radius 1 is 1.27 bits per heavy atom. The molecule has 146 valence electrons. The minimum absolute atomic E-state index is 0.331. The summed E-state index contributed by atoms with van der Waals surface area (Å²) in [6.07, 6.45) is 8.01. The standard InChI is InChI=1S/C20H34N4O2/c1-4-21-19(23-15-17-9-8-13-22-18(17)25-3)24-16-20(10-6-7-11-20)12-14-26-5-2/h8-9,13H,4-7,10-12,14-16H2,1-3H3,(H2,21,23,24). The maximum Gasteiger partial charge on any atom is 0.218 e. The molecular weight excluding hydrogens is 328 g/mol. The molecule has 1 aromatic rings. The molecule has 0 aliphatic heterocycles. The van der Waals surface area contributed by atoms with E-state index in [1.165, 1.54) is 25.7 Å². The number of rotatable bonds is 10. The van der Waals surface area contributed by atoms with Gasteiger partial charge in [0.1, 0.15) is 0 Å². The molecule has 0 amide bonds. The quantitative estimate of drug-likeness (QED) is 0.380. The Bertz CT molecular complexity index is 556. The molecule has 0 spiro atoms. The highest BCUT2D eigenvalue weighted by Crippen LogP contribution is 2.40. The van der Waals surface area contributed by atoms with Gasteiger partial charge in [0.05, 0.1) is 13.7 Å². The Hall–Kier alpha value is -1.82. The highest BCUT2D eigenvalue weighted by Gasteiger charge is 2.33. The molecule has 0 radical (unpaired) electrons. The molecule has 0 unspecified atom stereocenters. The van der Waals surface area contributed by atoms with E-state index in [4.69, 9.17) is 14.5 Å². The first kappa shape index (κ1) is 20.5. The Labute approximate surface area is 157 Å². The van der Waals surface area contributed by atoms with E-state index in [9.17, 15) is 0 Å². The second-order valence-electron chi connectivity index (χ2n) is 6.87. The molecule has 1 aliphatic rings. The van der Waals surface area contributed by atoms with Gasteiger partial charge in [0, 0.05) is 38.1 Å². The molecule has 6 heteroatoms. The molecule has 6 nitrogen and oxygen atoms in total. The third-order valence-corrected chi connectivity index (χ3v) is 5.07. The third kappa shape index (κ3) is 6.16. The van der Waals surface area contributed by atoms with E-state index >= 15 is 0 Å². The van der Waals surface area contributed by atoms with Crippen molar-refractivity contribution in [2.75, 3.05) is 33.4 Å². The smallest absolute Gasteiger partial charge is 0.218 e. The van der Waals surface area contributed by atoms with Gasteiger partial charge in [0.25, 0.3) is 0 Å². The van der Waals surface area contributed by atoms with Gasteiger partial charge < -0.3 is 20.1 Å². The van der Waals surface area contributed by atoms with Crippen molar-refractivity contribution in [3.63, 3.8) is 0 Å². The monoisotopic (exact) mass is 362 g/mol. The molecule has 1 aromatic heterocycles. The van der Waals surface area contributed by atoms with E-state index in [0.717, 1.165) is 44.2 Å². The fourth-order valence-corrected chi connectivity index (χ4v) is 3.58. The molecule has 1 aliphatic carbocycles. The van der Waals surface area contributed by atoms with E-state index in [-0.39, 0.29) is 0 Å². The van der Waals surface area contributed by atoms with Crippen LogP contribution >= 0.6 is 0 Å². The van der Waals surface area contributed by atoms with Gasteiger partial charge >= 0.3 is 0 Å². The summed E-state index contributed by atoms with van der Waals surface area (Å²) in [7, 11) is 1.64. The second-order valence-corrected chi connectivity index (χ2v) is 6.87. The predicted molar refractivity (Wildman–Crippen MR) is 106 cm³/mol. The van der Waals surface area contributed by atoms with Crippen LogP contribution in [0.15, 0.2) is 23.3 Å². The number of nitrogens with one attached hydrogen (secondary N) is 2. The molecule has 1 heterocycles. The molecule has 0 aromatic carbocycles. The van der Waals surface area contributed by atoms with Gasteiger partial charge in [-0.2, -0.15) is 0 Å². The van der Waals surface area contributed by atoms with Gasteiger partial charge in [-0.3, -0.25) is 0 Å². The summed E-state index contributed by atoms with van der Waals surface area (Å²) >= 11 is 0. The predicted octanol–water partition coefficient (Wildman–Crippen LogP) is 3.13. The lowest BCUT2D eigenvalue weighted by Gasteiger charge is -2.30. The van der Waals surface area contributed by atoms with Crippen molar-refractivity contribution in [2.45, 2.75) is 52.5 Å². The van der Waals surface area contributed by atoms with Crippen molar-refractivity contribution in [3.05, 3.63) is 23.9 Å². The molecule has 0 bridgehead atoms. The van der Waals surface area contributed by atoms with E-state index in [2.05, 4.69) is 29.5 Å². The van der Waals surface area contributed by atoms with Crippen LogP contribution < -0.4 is 15.4 Å². The summed E-state index contributed by atoms with van der Waals surface area (Å²) in [6.45, 7) is 8.10. The number of aromatic nitrogens is 1. The van der Waals surface area contributed by atoms with Gasteiger partial charge in [-0.25, -0.2) is 9.98 Å². The van der Waals surface area contributed by atoms with Crippen molar-refractivity contribution in [1.82, 2.24) is 15.6 Å². The van der Waals surface area contributed by atoms with E-state index in [0.29, 0.717) is 17.8 Å². The summed E-state index contributed by atoms with van der Waals surface area (Å²) in [4.78, 5) is 8.96. The molecule has 2 N–H and O–H groups in total. The van der Waals surface area contributed by atoms with Gasteiger partial charge in [0.2, 0.25) is 5.88 Å². The topological polar surface area (TPSA) is 67.8 Å². The minimum Gasteiger partial charge on any atom is -0.481 e. The molecule has 2 rings (SSSR count). The van der Waals surface area contributed by atoms with Crippen LogP contribution in [-0.4, -0.2) is 44.4 Å². The largest absolute Gasteiger partial charge is 0.481 e. The zero-order valence-electron chi connectivity index (χ0n) is 16.5. The first-order chi connectivity index (χ1) is 12.7. The van der Waals surface area contributed by atoms with Crippen LogP contribution in [0, 0.1) is 5.41 Å². The number of methoxy groups -OCH3 is 1. The van der Waals surface area contributed by atoms with Gasteiger partial charge in [-0.1, -0.05) is 18.9 Å². The number of guanidine groups is 1. The maximum absolute atomic E-state index is 5.61. The van der Waals surface area contributed by atoms with Crippen LogP contribution in [0.25, 0.3) is 0 Å². The normalized spacial score (nSPS) is 16.5. The summed E-state index contributed by atoms with van der Waals surface area (Å²) < 4.78 is 10.9. The molecule has 1 saturated carbocycles. The van der Waals surface area contributed by atoms with Crippen molar-refractivity contribution in [3.8, 4) is 5.88 Å². The van der Waals surface area contributed by atoms with Crippen molar-refractivity contribution in [2.24, 2.45) is 10.4 Å². The Morgan fingerprint density at radius 3 is 2.77 bits per heavy atom. The Kier molecular flexibility index (Phi) is 8.68. The number of ether oxygens (including phenoxy) is 2. The fourth-order valence-electron chi connectivity index (χ4n) is 3.58. The Balaban J connectivity index is 1.97. The zero-order chi connectivity index (χ0) is 18.7. The average molecular weight is 363 g/mol. The summed E-state index contributed by atoms with van der Waals surface area (Å²) in [5, 5.41) is 6.91. The Morgan fingerprint density at radius 2 is 2.08 bits per heavy atom. The first-order valence-electron chi connectivity index (χ1n) is 9.81. The first-order valence-corrected chi connectivity index (χ1v) is 9.81. The minimum atomic E-state index is 0.331. The lowest BCUT2D eigenvalue weighted by Crippen LogP contribution is -2.43. The SMILES string of the molecule is CCNC(=NCc1cccnc1OC)NCC1(CCOCC)CCCC1. The maximum atomic E-state index is 5.61. The molecule has 26 heavy (non-hydrogen) atoms. The molecular formula is C20H34N4O2. The highest BCUT2D eigenvalue weighted by atomic mass is 16.5. The van der Waals surface area contributed by atoms with Crippen LogP contribution in [-0.2, 0) is 11.3 Å². The van der Waals surface area contributed by atoms with Gasteiger partial charge in [-0.15, -0.1) is 0 Å². The average Bonchev–Trinajstić information content (AvgIpc) is 3.13. The summed E-state index contributed by atoms with van der Waals surface area (Å²) in [5.74, 6) is 1.48. The van der Waals surface area contributed by atoms with Crippen molar-refractivity contribution >= 4 is 5.96 Å². The molecule has 0 saturated heterocycles. The lowest BCUT2D eigenvalue weighted by molar-refractivity contribution is 0.105. The van der Waals surface area contributed by atoms with Gasteiger partial charge in [-0.05, 0) is 44.6 Å². The van der Waals surface area contributed by atoms with Crippen molar-refractivity contribution < 1.29 is 9.47 Å². The zero-order valence-corrected chi connectivity index (χ0v) is 16.5. The second kappa shape index (κ2) is 11.0. The van der Waals surface area contributed by atoms with E-state index < -0.39 is 0 Å². The van der Waals surface area contributed by atoms with E-state index in [1.807, 2.05) is 12.1 Å². The number of nitrogens with zero attached hydrogens (tertiary/aromatic N) is 2. The van der Waals surface area contributed by atoms with E-state index in [1.54, 1.807) is 13.3 Å². The van der Waals surface area contributed by atoms with Crippen LogP contribution in [0.4, 0.5) is 0 Å². The third-order valence-electron chi connectivity index (χ3n) is 5.07. The number of hydrogen-bond donors (Lipinski definition) is 2. The van der Waals surface area contributed by atoms with Crippen LogP contribution in [0.2, 0.25) is 0 Å². The van der Waals surface area contributed by atoms with Crippen molar-refractivity contribution in [1.29, 1.82) is 0 Å². The van der Waals surface area contributed by atoms with Crippen LogP contribution in [0.1, 0.15) is 51.5 Å². The summed E-state index contributed by atoms with van der Waals surface area (Å²) in [5.41, 5.74) is 1.32. The molecule has 0 atom stereocenters. The number of aliphatic imine (C=N–C) groups is 1. The number of pyridine rings is 1. The lowest BCUT2D eigenvalue weighted by atomic mass is 9.83. The van der Waals surface area contributed by atoms with Crippen LogP contribution in [0.5, 0.6) is 5.88 Å².